The third-order valence-corrected chi connectivity index (χ3v) is 7.72. The molecule has 0 bridgehead atoms. The fourth-order valence-corrected chi connectivity index (χ4v) is 4.58. The number of rotatable bonds is 2. The third-order valence-electron chi connectivity index (χ3n) is 7.72. The maximum Gasteiger partial charge on any atom is 0.514 e. The molecule has 1 fully saturated rings. The van der Waals surface area contributed by atoms with Crippen molar-refractivity contribution in [3.05, 3.63) is 59.9 Å². The van der Waals surface area contributed by atoms with Gasteiger partial charge in [-0.05, 0) is 52.0 Å². The highest BCUT2D eigenvalue weighted by Crippen LogP contribution is 2.38. The number of benzene rings is 1. The highest BCUT2D eigenvalue weighted by atomic mass is 16.7. The molecule has 3 aromatic heterocycles. The van der Waals surface area contributed by atoms with Crippen molar-refractivity contribution in [1.29, 1.82) is 0 Å². The Morgan fingerprint density at radius 3 is 1.89 bits per heavy atom. The Bertz CT molecular complexity index is 1500. The molecule has 1 aliphatic heterocycles. The van der Waals surface area contributed by atoms with Crippen LogP contribution in [0.4, 0.5) is 0 Å². The van der Waals surface area contributed by atoms with Crippen molar-refractivity contribution in [1.82, 2.24) is 15.0 Å². The van der Waals surface area contributed by atoms with Gasteiger partial charge in [-0.3, -0.25) is 4.98 Å². The predicted molar refractivity (Wildman–Crippen MR) is 153 cm³/mol. The van der Waals surface area contributed by atoms with E-state index in [-0.39, 0.29) is 10.8 Å². The van der Waals surface area contributed by atoms with Gasteiger partial charge in [-0.15, -0.1) is 0 Å². The smallest absolute Gasteiger partial charge is 0.398 e. The second-order valence-corrected chi connectivity index (χ2v) is 13.3. The van der Waals surface area contributed by atoms with Crippen LogP contribution >= 0.6 is 0 Å². The van der Waals surface area contributed by atoms with Gasteiger partial charge < -0.3 is 9.31 Å². The molecule has 4 aromatic rings. The summed E-state index contributed by atoms with van der Waals surface area (Å²) in [6, 6.07) is 16.8. The van der Waals surface area contributed by atoms with Gasteiger partial charge in [0.25, 0.3) is 0 Å². The molecule has 4 heterocycles. The zero-order chi connectivity index (χ0) is 27.0. The minimum atomic E-state index is -0.517. The summed E-state index contributed by atoms with van der Waals surface area (Å²) in [5, 5.41) is 2.13. The fourth-order valence-electron chi connectivity index (χ4n) is 4.58. The number of nitrogens with zero attached hydrogens (tertiary/aromatic N) is 3. The molecule has 0 spiro atoms. The Morgan fingerprint density at radius 1 is 0.676 bits per heavy atom. The van der Waals surface area contributed by atoms with Gasteiger partial charge in [0.05, 0.1) is 33.5 Å². The molecule has 192 valence electrons. The molecule has 0 unspecified atom stereocenters. The van der Waals surface area contributed by atoms with Crippen molar-refractivity contribution in [2.45, 2.75) is 91.3 Å². The number of pyridine rings is 3. The van der Waals surface area contributed by atoms with Gasteiger partial charge in [-0.1, -0.05) is 65.8 Å². The molecular weight excluding hydrogens is 457 g/mol. The average molecular weight is 495 g/mol. The van der Waals surface area contributed by atoms with Gasteiger partial charge in [0.2, 0.25) is 0 Å². The summed E-state index contributed by atoms with van der Waals surface area (Å²) in [4.78, 5) is 15.4. The Labute approximate surface area is 221 Å². The lowest BCUT2D eigenvalue weighted by molar-refractivity contribution is 0.00578. The van der Waals surface area contributed by atoms with Gasteiger partial charge in [0.1, 0.15) is 0 Å². The van der Waals surface area contributed by atoms with Crippen LogP contribution in [0.1, 0.15) is 80.6 Å². The fraction of sp³-hybridized carbons (Fsp3) is 0.452. The molecular formula is C31H38BN3O2. The molecule has 1 saturated heterocycles. The summed E-state index contributed by atoms with van der Waals surface area (Å²) in [5.41, 5.74) is 5.54. The Morgan fingerprint density at radius 2 is 1.27 bits per heavy atom. The van der Waals surface area contributed by atoms with Crippen LogP contribution < -0.4 is 5.59 Å². The Kier molecular flexibility index (Phi) is 5.82. The summed E-state index contributed by atoms with van der Waals surface area (Å²) in [6.07, 6.45) is 0. The second kappa shape index (κ2) is 8.34. The number of fused-ring (bicyclic) bond motifs is 3. The maximum atomic E-state index is 6.30. The van der Waals surface area contributed by atoms with Crippen molar-refractivity contribution in [2.75, 3.05) is 0 Å². The number of hydrogen-bond acceptors (Lipinski definition) is 5. The number of aromatic nitrogens is 3. The van der Waals surface area contributed by atoms with E-state index in [1.807, 2.05) is 12.1 Å². The van der Waals surface area contributed by atoms with Crippen molar-refractivity contribution >= 4 is 34.5 Å². The van der Waals surface area contributed by atoms with E-state index in [4.69, 9.17) is 24.3 Å². The topological polar surface area (TPSA) is 57.1 Å². The lowest BCUT2D eigenvalue weighted by atomic mass is 9.83. The third kappa shape index (κ3) is 4.55. The van der Waals surface area contributed by atoms with Crippen LogP contribution in [0.5, 0.6) is 0 Å². The van der Waals surface area contributed by atoms with Crippen molar-refractivity contribution in [3.8, 4) is 11.3 Å². The molecule has 0 atom stereocenters. The normalized spacial score (nSPS) is 17.6. The first kappa shape index (κ1) is 25.8. The van der Waals surface area contributed by atoms with E-state index in [2.05, 4.69) is 106 Å². The lowest BCUT2D eigenvalue weighted by Gasteiger charge is -2.32. The van der Waals surface area contributed by atoms with E-state index < -0.39 is 18.3 Å². The Hall–Kier alpha value is -2.83. The molecule has 0 aliphatic carbocycles. The minimum absolute atomic E-state index is 0.0560. The van der Waals surface area contributed by atoms with Crippen LogP contribution in [0.25, 0.3) is 33.1 Å². The first-order valence-corrected chi connectivity index (χ1v) is 13.2. The zero-order valence-corrected chi connectivity index (χ0v) is 23.9. The van der Waals surface area contributed by atoms with Gasteiger partial charge >= 0.3 is 7.12 Å². The highest BCUT2D eigenvalue weighted by molar-refractivity contribution is 6.61. The molecule has 1 aromatic carbocycles. The van der Waals surface area contributed by atoms with Crippen LogP contribution in [0, 0.1) is 0 Å². The molecule has 1 aliphatic rings. The lowest BCUT2D eigenvalue weighted by Crippen LogP contribution is -2.41. The van der Waals surface area contributed by atoms with Crippen LogP contribution in [0.3, 0.4) is 0 Å². The van der Waals surface area contributed by atoms with Gasteiger partial charge in [0, 0.05) is 38.6 Å². The van der Waals surface area contributed by atoms with Gasteiger partial charge in [-0.2, -0.15) is 0 Å². The molecule has 6 heteroatoms. The molecule has 0 amide bonds. The predicted octanol–water partition coefficient (Wildman–Crippen LogP) is 6.74. The van der Waals surface area contributed by atoms with E-state index in [0.717, 1.165) is 50.0 Å². The first-order valence-electron chi connectivity index (χ1n) is 13.2. The maximum absolute atomic E-state index is 6.30. The highest BCUT2D eigenvalue weighted by Gasteiger charge is 2.52. The van der Waals surface area contributed by atoms with E-state index in [9.17, 15) is 0 Å². The van der Waals surface area contributed by atoms with E-state index in [1.165, 1.54) is 0 Å². The SMILES string of the molecule is CC(C)(C)c1ccc2ccc3c(-c4cccc(B5OC(C)(C)C(C)(C)O5)n4)cc(C(C)(C)C)nc3c2n1. The largest absolute Gasteiger partial charge is 0.514 e. The molecule has 0 N–H and O–H groups in total. The number of hydrogen-bond donors (Lipinski definition) is 0. The summed E-state index contributed by atoms with van der Waals surface area (Å²) >= 11 is 0. The van der Waals surface area contributed by atoms with Crippen LogP contribution in [-0.2, 0) is 20.1 Å². The summed E-state index contributed by atoms with van der Waals surface area (Å²) < 4.78 is 12.6. The van der Waals surface area contributed by atoms with Crippen molar-refractivity contribution in [2.24, 2.45) is 0 Å². The van der Waals surface area contributed by atoms with Crippen LogP contribution in [0.2, 0.25) is 0 Å². The van der Waals surface area contributed by atoms with Crippen molar-refractivity contribution < 1.29 is 9.31 Å². The second-order valence-electron chi connectivity index (χ2n) is 13.3. The molecule has 5 rings (SSSR count). The average Bonchev–Trinajstić information content (AvgIpc) is 3.03. The van der Waals surface area contributed by atoms with Crippen LogP contribution in [0.15, 0.2) is 48.5 Å². The monoisotopic (exact) mass is 495 g/mol. The van der Waals surface area contributed by atoms with Crippen molar-refractivity contribution in [3.63, 3.8) is 0 Å². The summed E-state index contributed by atoms with van der Waals surface area (Å²) in [5.74, 6) is 0. The van der Waals surface area contributed by atoms with Gasteiger partial charge in [0.15, 0.2) is 0 Å². The zero-order valence-electron chi connectivity index (χ0n) is 23.9. The quantitative estimate of drug-likeness (QED) is 0.228. The molecule has 5 nitrogen and oxygen atoms in total. The Balaban J connectivity index is 1.73. The first-order chi connectivity index (χ1) is 17.1. The molecule has 0 radical (unpaired) electrons. The van der Waals surface area contributed by atoms with Crippen LogP contribution in [-0.4, -0.2) is 33.3 Å². The minimum Gasteiger partial charge on any atom is -0.398 e. The summed E-state index contributed by atoms with van der Waals surface area (Å²) in [7, 11) is -0.517. The molecule has 37 heavy (non-hydrogen) atoms. The van der Waals surface area contributed by atoms with E-state index >= 15 is 0 Å². The standard InChI is InChI=1S/C31H38BN3O2/c1-28(2,3)23-17-15-19-14-16-20-21(18-24(29(4,5)6)35-27(20)26(19)34-23)22-12-11-13-25(33-22)32-36-30(7,8)31(9,10)37-32/h11-18H,1-10H3. The van der Waals surface area contributed by atoms with E-state index in [0.29, 0.717) is 0 Å². The molecule has 0 saturated carbocycles. The van der Waals surface area contributed by atoms with E-state index in [1.54, 1.807) is 0 Å². The summed E-state index contributed by atoms with van der Waals surface area (Å²) in [6.45, 7) is 21.4. The van der Waals surface area contributed by atoms with Gasteiger partial charge in [-0.25, -0.2) is 9.97 Å².